The lowest BCUT2D eigenvalue weighted by Crippen LogP contribution is -2.20. The van der Waals surface area contributed by atoms with E-state index >= 15 is 0 Å². The average Bonchev–Trinajstić information content (AvgIpc) is 2.20. The summed E-state index contributed by atoms with van der Waals surface area (Å²) in [5.41, 5.74) is 1.28. The largest absolute Gasteiger partial charge is 0.302 e. The van der Waals surface area contributed by atoms with E-state index in [1.165, 1.54) is 10.9 Å². The molecule has 0 N–H and O–H groups in total. The van der Waals surface area contributed by atoms with Gasteiger partial charge in [0.2, 0.25) is 0 Å². The van der Waals surface area contributed by atoms with Crippen LogP contribution in [0.2, 0.25) is 0 Å². The van der Waals surface area contributed by atoms with E-state index in [1.54, 1.807) is 7.05 Å². The van der Waals surface area contributed by atoms with Crippen LogP contribution < -0.4 is 5.56 Å². The summed E-state index contributed by atoms with van der Waals surface area (Å²) in [6.45, 7) is 7.12. The van der Waals surface area contributed by atoms with Gasteiger partial charge in [-0.3, -0.25) is 4.79 Å². The zero-order chi connectivity index (χ0) is 10.7. The minimum absolute atomic E-state index is 0.0991. The molecule has 14 heavy (non-hydrogen) atoms. The summed E-state index contributed by atoms with van der Waals surface area (Å²) < 4.78 is 1.43. The standard InChI is InChI=1S/C10H13N3O/c1-5-7(2)8-9(11-3)12-6-13(4)10(8)14/h5-6H,3H2,1-2,4H3/b7-5-. The molecule has 4 heteroatoms. The normalized spacial score (nSPS) is 11.5. The Morgan fingerprint density at radius 3 is 2.86 bits per heavy atom. The van der Waals surface area contributed by atoms with E-state index in [1.807, 2.05) is 19.9 Å². The number of hydrogen-bond donors (Lipinski definition) is 0. The van der Waals surface area contributed by atoms with Gasteiger partial charge in [0, 0.05) is 7.05 Å². The van der Waals surface area contributed by atoms with Crippen molar-refractivity contribution in [3.05, 3.63) is 28.3 Å². The first kappa shape index (κ1) is 10.4. The van der Waals surface area contributed by atoms with Crippen LogP contribution in [0.1, 0.15) is 19.4 Å². The molecule has 0 radical (unpaired) electrons. The minimum atomic E-state index is -0.0991. The summed E-state index contributed by atoms with van der Waals surface area (Å²) in [6, 6.07) is 0. The highest BCUT2D eigenvalue weighted by atomic mass is 16.1. The molecule has 1 rings (SSSR count). The quantitative estimate of drug-likeness (QED) is 0.665. The number of nitrogens with zero attached hydrogens (tertiary/aromatic N) is 3. The van der Waals surface area contributed by atoms with Crippen molar-refractivity contribution in [3.8, 4) is 0 Å². The van der Waals surface area contributed by atoms with E-state index in [-0.39, 0.29) is 5.56 Å². The molecule has 1 aromatic heterocycles. The highest BCUT2D eigenvalue weighted by molar-refractivity contribution is 5.71. The average molecular weight is 191 g/mol. The summed E-state index contributed by atoms with van der Waals surface area (Å²) in [4.78, 5) is 19.5. The molecule has 0 unspecified atom stereocenters. The lowest BCUT2D eigenvalue weighted by atomic mass is 10.1. The maximum atomic E-state index is 11.7. The Morgan fingerprint density at radius 1 is 1.71 bits per heavy atom. The molecule has 4 nitrogen and oxygen atoms in total. The van der Waals surface area contributed by atoms with E-state index in [0.29, 0.717) is 11.4 Å². The van der Waals surface area contributed by atoms with Crippen molar-refractivity contribution in [2.45, 2.75) is 13.8 Å². The Morgan fingerprint density at radius 2 is 2.36 bits per heavy atom. The molecule has 0 aliphatic carbocycles. The summed E-state index contributed by atoms with van der Waals surface area (Å²) in [6.07, 6.45) is 3.30. The second-order valence-electron chi connectivity index (χ2n) is 2.99. The number of aryl methyl sites for hydroxylation is 1. The van der Waals surface area contributed by atoms with Gasteiger partial charge in [-0.1, -0.05) is 6.08 Å². The van der Waals surface area contributed by atoms with Gasteiger partial charge >= 0.3 is 0 Å². The van der Waals surface area contributed by atoms with E-state index < -0.39 is 0 Å². The van der Waals surface area contributed by atoms with Crippen LogP contribution in [0, 0.1) is 0 Å². The van der Waals surface area contributed by atoms with Crippen LogP contribution >= 0.6 is 0 Å². The fraction of sp³-hybridized carbons (Fsp3) is 0.300. The van der Waals surface area contributed by atoms with Crippen LogP contribution in [0.15, 0.2) is 22.2 Å². The van der Waals surface area contributed by atoms with Crippen LogP contribution in [0.4, 0.5) is 5.82 Å². The van der Waals surface area contributed by atoms with E-state index in [9.17, 15) is 4.79 Å². The lowest BCUT2D eigenvalue weighted by molar-refractivity contribution is 0.820. The predicted molar refractivity (Wildman–Crippen MR) is 58.0 cm³/mol. The number of rotatable bonds is 2. The van der Waals surface area contributed by atoms with Gasteiger partial charge in [0.15, 0.2) is 5.82 Å². The van der Waals surface area contributed by atoms with Crippen molar-refractivity contribution in [3.63, 3.8) is 0 Å². The maximum Gasteiger partial charge on any atom is 0.262 e. The first-order valence-electron chi connectivity index (χ1n) is 4.27. The van der Waals surface area contributed by atoms with Crippen molar-refractivity contribution in [2.24, 2.45) is 12.0 Å². The second-order valence-corrected chi connectivity index (χ2v) is 2.99. The van der Waals surface area contributed by atoms with Gasteiger partial charge in [-0.2, -0.15) is 0 Å². The smallest absolute Gasteiger partial charge is 0.262 e. The summed E-state index contributed by atoms with van der Waals surface area (Å²) in [5.74, 6) is 0.392. The van der Waals surface area contributed by atoms with Crippen molar-refractivity contribution in [1.82, 2.24) is 9.55 Å². The summed E-state index contributed by atoms with van der Waals surface area (Å²) in [5, 5.41) is 0. The van der Waals surface area contributed by atoms with Crippen LogP contribution in [-0.2, 0) is 7.05 Å². The van der Waals surface area contributed by atoms with Crippen molar-refractivity contribution < 1.29 is 0 Å². The first-order chi connectivity index (χ1) is 6.61. The molecule has 0 aromatic carbocycles. The van der Waals surface area contributed by atoms with Crippen LogP contribution in [0.25, 0.3) is 5.57 Å². The molecule has 0 spiro atoms. The van der Waals surface area contributed by atoms with E-state index in [0.717, 1.165) is 5.57 Å². The van der Waals surface area contributed by atoms with Gasteiger partial charge < -0.3 is 4.57 Å². The molecule has 0 saturated heterocycles. The molecule has 0 fully saturated rings. The zero-order valence-corrected chi connectivity index (χ0v) is 8.61. The maximum absolute atomic E-state index is 11.7. The monoisotopic (exact) mass is 191 g/mol. The molecule has 1 heterocycles. The van der Waals surface area contributed by atoms with Crippen molar-refractivity contribution in [1.29, 1.82) is 0 Å². The first-order valence-corrected chi connectivity index (χ1v) is 4.27. The Bertz CT molecular complexity index is 443. The molecule has 0 aliphatic rings. The fourth-order valence-corrected chi connectivity index (χ4v) is 1.14. The second kappa shape index (κ2) is 4.00. The minimum Gasteiger partial charge on any atom is -0.302 e. The molecule has 0 atom stereocenters. The zero-order valence-electron chi connectivity index (χ0n) is 8.61. The summed E-state index contributed by atoms with van der Waals surface area (Å²) >= 11 is 0. The molecular formula is C10H13N3O. The molecule has 0 amide bonds. The van der Waals surface area contributed by atoms with Gasteiger partial charge in [-0.15, -0.1) is 0 Å². The Balaban J connectivity index is 3.60. The molecule has 0 saturated carbocycles. The number of aliphatic imine (C=N–C) groups is 1. The van der Waals surface area contributed by atoms with Crippen molar-refractivity contribution >= 4 is 18.1 Å². The molecular weight excluding hydrogens is 178 g/mol. The third-order valence-electron chi connectivity index (χ3n) is 2.09. The van der Waals surface area contributed by atoms with Gasteiger partial charge in [0.05, 0.1) is 11.9 Å². The summed E-state index contributed by atoms with van der Waals surface area (Å²) in [7, 11) is 1.66. The van der Waals surface area contributed by atoms with E-state index in [2.05, 4.69) is 16.7 Å². The number of aromatic nitrogens is 2. The molecule has 1 aromatic rings. The van der Waals surface area contributed by atoms with E-state index in [4.69, 9.17) is 0 Å². The lowest BCUT2D eigenvalue weighted by Gasteiger charge is -2.05. The van der Waals surface area contributed by atoms with Gasteiger partial charge in [0.25, 0.3) is 5.56 Å². The van der Waals surface area contributed by atoms with Crippen LogP contribution in [-0.4, -0.2) is 16.3 Å². The number of hydrogen-bond acceptors (Lipinski definition) is 3. The predicted octanol–water partition coefficient (Wildman–Crippen LogP) is 1.54. The Hall–Kier alpha value is -1.71. The van der Waals surface area contributed by atoms with Crippen LogP contribution in [0.5, 0.6) is 0 Å². The third kappa shape index (κ3) is 1.64. The number of allylic oxidation sites excluding steroid dienone is 2. The van der Waals surface area contributed by atoms with Gasteiger partial charge in [0.1, 0.15) is 0 Å². The molecule has 0 aliphatic heterocycles. The highest BCUT2D eigenvalue weighted by Gasteiger charge is 2.09. The highest BCUT2D eigenvalue weighted by Crippen LogP contribution is 2.18. The fourth-order valence-electron chi connectivity index (χ4n) is 1.14. The molecule has 0 bridgehead atoms. The molecule has 74 valence electrons. The SMILES string of the molecule is C=Nc1ncn(C)c(=O)c1/C(C)=C\C. The topological polar surface area (TPSA) is 47.2 Å². The Kier molecular flexibility index (Phi) is 2.96. The van der Waals surface area contributed by atoms with Crippen LogP contribution in [0.3, 0.4) is 0 Å². The van der Waals surface area contributed by atoms with Crippen molar-refractivity contribution in [2.75, 3.05) is 0 Å². The Labute approximate surface area is 82.6 Å². The van der Waals surface area contributed by atoms with Gasteiger partial charge in [-0.05, 0) is 26.1 Å². The van der Waals surface area contributed by atoms with Gasteiger partial charge in [-0.25, -0.2) is 9.98 Å². The third-order valence-corrected chi connectivity index (χ3v) is 2.09.